The Bertz CT molecular complexity index is 638. The maximum atomic E-state index is 12.2. The lowest BCUT2D eigenvalue weighted by Crippen LogP contribution is -2.14. The molecule has 1 atom stereocenters. The van der Waals surface area contributed by atoms with Crippen LogP contribution in [0.25, 0.3) is 0 Å². The number of hydrogen-bond acceptors (Lipinski definition) is 3. The highest BCUT2D eigenvalue weighted by atomic mass is 32.2. The van der Waals surface area contributed by atoms with Crippen molar-refractivity contribution in [2.45, 2.75) is 4.90 Å². The molecule has 0 aromatic heterocycles. The van der Waals surface area contributed by atoms with E-state index < -0.39 is 10.8 Å². The van der Waals surface area contributed by atoms with Gasteiger partial charge in [0, 0.05) is 11.9 Å². The van der Waals surface area contributed by atoms with Crippen LogP contribution in [0.2, 0.25) is 0 Å². The second kappa shape index (κ2) is 6.34. The highest BCUT2D eigenvalue weighted by Gasteiger charge is 2.13. The Morgan fingerprint density at radius 3 is 2.35 bits per heavy atom. The Labute approximate surface area is 120 Å². The molecule has 0 radical (unpaired) electrons. The molecule has 0 fully saturated rings. The second-order valence-electron chi connectivity index (χ2n) is 4.13. The van der Waals surface area contributed by atoms with Gasteiger partial charge in [0.05, 0.1) is 28.4 Å². The maximum absolute atomic E-state index is 12.2. The van der Waals surface area contributed by atoms with E-state index in [0.717, 1.165) is 5.75 Å². The molecule has 2 aromatic carbocycles. The Balaban J connectivity index is 2.21. The second-order valence-corrected chi connectivity index (χ2v) is 5.48. The first-order valence-corrected chi connectivity index (χ1v) is 7.55. The number of ether oxygens (including phenoxy) is 1. The molecule has 0 aliphatic heterocycles. The van der Waals surface area contributed by atoms with Crippen molar-refractivity contribution in [3.63, 3.8) is 0 Å². The average Bonchev–Trinajstić information content (AvgIpc) is 2.48. The van der Waals surface area contributed by atoms with E-state index >= 15 is 0 Å². The first kappa shape index (κ1) is 14.3. The molecular weight excluding hydrogens is 274 g/mol. The first-order chi connectivity index (χ1) is 9.61. The van der Waals surface area contributed by atoms with Crippen LogP contribution >= 0.6 is 0 Å². The zero-order valence-electron chi connectivity index (χ0n) is 11.3. The van der Waals surface area contributed by atoms with Gasteiger partial charge in [-0.2, -0.15) is 0 Å². The normalized spacial score (nSPS) is 11.7. The highest BCUT2D eigenvalue weighted by molar-refractivity contribution is 7.84. The molecule has 4 nitrogen and oxygen atoms in total. The fourth-order valence-corrected chi connectivity index (χ4v) is 2.52. The van der Waals surface area contributed by atoms with Gasteiger partial charge in [-0.15, -0.1) is 0 Å². The summed E-state index contributed by atoms with van der Waals surface area (Å²) < 4.78 is 16.7. The fourth-order valence-electron chi connectivity index (χ4n) is 1.78. The van der Waals surface area contributed by atoms with E-state index in [-0.39, 0.29) is 5.91 Å². The van der Waals surface area contributed by atoms with Crippen molar-refractivity contribution < 1.29 is 13.7 Å². The van der Waals surface area contributed by atoms with Gasteiger partial charge >= 0.3 is 0 Å². The number of nitrogens with one attached hydrogen (secondary N) is 1. The Kier molecular flexibility index (Phi) is 4.53. The van der Waals surface area contributed by atoms with Crippen LogP contribution in [0.1, 0.15) is 10.4 Å². The summed E-state index contributed by atoms with van der Waals surface area (Å²) in [7, 11) is 0.379. The smallest absolute Gasteiger partial charge is 0.256 e. The van der Waals surface area contributed by atoms with E-state index in [1.165, 1.54) is 0 Å². The number of benzene rings is 2. The number of carbonyl (C=O) groups excluding carboxylic acids is 1. The topological polar surface area (TPSA) is 55.4 Å². The zero-order valence-corrected chi connectivity index (χ0v) is 12.1. The first-order valence-electron chi connectivity index (χ1n) is 5.99. The van der Waals surface area contributed by atoms with Crippen LogP contribution in [0.4, 0.5) is 5.69 Å². The van der Waals surface area contributed by atoms with E-state index in [1.54, 1.807) is 61.9 Å². The largest absolute Gasteiger partial charge is 0.497 e. The van der Waals surface area contributed by atoms with Crippen molar-refractivity contribution >= 4 is 22.4 Å². The number of amides is 1. The molecule has 104 valence electrons. The number of hydrogen-bond donors (Lipinski definition) is 1. The van der Waals surface area contributed by atoms with Crippen LogP contribution in [-0.2, 0) is 10.8 Å². The molecule has 2 aromatic rings. The van der Waals surface area contributed by atoms with Gasteiger partial charge < -0.3 is 10.1 Å². The number of carbonyl (C=O) groups is 1. The number of anilines is 1. The Morgan fingerprint density at radius 2 is 1.75 bits per heavy atom. The van der Waals surface area contributed by atoms with Gasteiger partial charge in [-0.1, -0.05) is 12.1 Å². The molecule has 5 heteroatoms. The zero-order chi connectivity index (χ0) is 14.5. The maximum Gasteiger partial charge on any atom is 0.256 e. The van der Waals surface area contributed by atoms with Crippen LogP contribution in [0.5, 0.6) is 5.75 Å². The van der Waals surface area contributed by atoms with Gasteiger partial charge in [-0.25, -0.2) is 0 Å². The van der Waals surface area contributed by atoms with Crippen LogP contribution in [-0.4, -0.2) is 23.5 Å². The van der Waals surface area contributed by atoms with E-state index in [1.807, 2.05) is 0 Å². The summed E-state index contributed by atoms with van der Waals surface area (Å²) in [5.41, 5.74) is 1.08. The predicted molar refractivity (Wildman–Crippen MR) is 79.7 cm³/mol. The SMILES string of the molecule is COc1ccc(NC(=O)c2ccccc2S(C)=O)cc1. The minimum absolute atomic E-state index is 0.277. The molecule has 0 heterocycles. The fraction of sp³-hybridized carbons (Fsp3) is 0.133. The summed E-state index contributed by atoms with van der Waals surface area (Å²) in [6, 6.07) is 13.9. The summed E-state index contributed by atoms with van der Waals surface area (Å²) in [4.78, 5) is 12.7. The Morgan fingerprint density at radius 1 is 1.10 bits per heavy atom. The highest BCUT2D eigenvalue weighted by Crippen LogP contribution is 2.18. The molecular formula is C15H15NO3S. The molecule has 1 unspecified atom stereocenters. The summed E-state index contributed by atoms with van der Waals surface area (Å²) in [6.07, 6.45) is 1.56. The summed E-state index contributed by atoms with van der Waals surface area (Å²) in [5.74, 6) is 0.444. The van der Waals surface area contributed by atoms with Gasteiger partial charge in [0.15, 0.2) is 0 Å². The predicted octanol–water partition coefficient (Wildman–Crippen LogP) is 2.68. The van der Waals surface area contributed by atoms with Crippen molar-refractivity contribution in [1.82, 2.24) is 0 Å². The lowest BCUT2D eigenvalue weighted by Gasteiger charge is -2.09. The van der Waals surface area contributed by atoms with Crippen molar-refractivity contribution in [1.29, 1.82) is 0 Å². The summed E-state index contributed by atoms with van der Waals surface area (Å²) in [5, 5.41) is 2.78. The summed E-state index contributed by atoms with van der Waals surface area (Å²) in [6.45, 7) is 0. The standard InChI is InChI=1S/C15H15NO3S/c1-19-12-9-7-11(8-10-12)16-15(17)13-5-3-4-6-14(13)20(2)18/h3-10H,1-2H3,(H,16,17). The lowest BCUT2D eigenvalue weighted by atomic mass is 10.2. The number of rotatable bonds is 4. The van der Waals surface area contributed by atoms with Crippen molar-refractivity contribution in [2.75, 3.05) is 18.7 Å². The van der Waals surface area contributed by atoms with E-state index in [4.69, 9.17) is 4.74 Å². The monoisotopic (exact) mass is 289 g/mol. The van der Waals surface area contributed by atoms with E-state index in [2.05, 4.69) is 5.32 Å². The van der Waals surface area contributed by atoms with Gasteiger partial charge in [0.25, 0.3) is 5.91 Å². The Hall–Kier alpha value is -2.14. The minimum atomic E-state index is -1.21. The third-order valence-electron chi connectivity index (χ3n) is 2.79. The molecule has 1 amide bonds. The molecule has 0 spiro atoms. The minimum Gasteiger partial charge on any atom is -0.497 e. The van der Waals surface area contributed by atoms with E-state index in [9.17, 15) is 9.00 Å². The van der Waals surface area contributed by atoms with Gasteiger partial charge in [-0.3, -0.25) is 9.00 Å². The van der Waals surface area contributed by atoms with Gasteiger partial charge in [0.1, 0.15) is 5.75 Å². The van der Waals surface area contributed by atoms with Crippen LogP contribution in [0.15, 0.2) is 53.4 Å². The molecule has 0 aliphatic rings. The molecule has 0 saturated heterocycles. The third kappa shape index (κ3) is 3.24. The molecule has 2 rings (SSSR count). The molecule has 1 N–H and O–H groups in total. The van der Waals surface area contributed by atoms with Crippen molar-refractivity contribution in [2.24, 2.45) is 0 Å². The quantitative estimate of drug-likeness (QED) is 0.941. The number of methoxy groups -OCH3 is 1. The van der Waals surface area contributed by atoms with Gasteiger partial charge in [-0.05, 0) is 36.4 Å². The average molecular weight is 289 g/mol. The van der Waals surface area contributed by atoms with Gasteiger partial charge in [0.2, 0.25) is 0 Å². The molecule has 0 bridgehead atoms. The van der Waals surface area contributed by atoms with Crippen LogP contribution in [0, 0.1) is 0 Å². The lowest BCUT2D eigenvalue weighted by molar-refractivity contribution is 0.102. The molecule has 20 heavy (non-hydrogen) atoms. The van der Waals surface area contributed by atoms with Crippen LogP contribution < -0.4 is 10.1 Å². The van der Waals surface area contributed by atoms with Crippen LogP contribution in [0.3, 0.4) is 0 Å². The third-order valence-corrected chi connectivity index (χ3v) is 3.76. The molecule has 0 saturated carbocycles. The molecule has 0 aliphatic carbocycles. The van der Waals surface area contributed by atoms with E-state index in [0.29, 0.717) is 16.1 Å². The van der Waals surface area contributed by atoms with Crippen molar-refractivity contribution in [3.8, 4) is 5.75 Å². The van der Waals surface area contributed by atoms with Crippen molar-refractivity contribution in [3.05, 3.63) is 54.1 Å². The summed E-state index contributed by atoms with van der Waals surface area (Å²) >= 11 is 0.